The Labute approximate surface area is 131 Å². The zero-order valence-electron chi connectivity index (χ0n) is 13.0. The molecule has 128 valence electrons. The molecular weight excluding hydrogens is 312 g/mol. The molecule has 0 aliphatic rings. The first-order valence-corrected chi connectivity index (χ1v) is 8.34. The monoisotopic (exact) mass is 336 g/mol. The second kappa shape index (κ2) is 13.0. The fourth-order valence-corrected chi connectivity index (χ4v) is 1.63. The first-order chi connectivity index (χ1) is 10.2. The molecule has 1 atom stereocenters. The molecule has 0 radical (unpaired) electrons. The van der Waals surface area contributed by atoms with Crippen molar-refractivity contribution in [2.75, 3.05) is 12.4 Å². The first kappa shape index (κ1) is 22.6. The van der Waals surface area contributed by atoms with Gasteiger partial charge in [0.25, 0.3) is 10.1 Å². The molecule has 22 heavy (non-hydrogen) atoms. The van der Waals surface area contributed by atoms with Crippen molar-refractivity contribution in [2.24, 2.45) is 0 Å². The highest BCUT2D eigenvalue weighted by atomic mass is 32.2. The van der Waals surface area contributed by atoms with Gasteiger partial charge in [-0.1, -0.05) is 26.5 Å². The molecule has 0 aromatic heterocycles. The first-order valence-electron chi connectivity index (χ1n) is 6.73. The summed E-state index contributed by atoms with van der Waals surface area (Å²) in [6.07, 6.45) is 3.66. The second-order valence-electron chi connectivity index (χ2n) is 4.25. The summed E-state index contributed by atoms with van der Waals surface area (Å²) in [5, 5.41) is 0. The van der Waals surface area contributed by atoms with Crippen LogP contribution in [0.2, 0.25) is 0 Å². The predicted octanol–water partition coefficient (Wildman–Crippen LogP) is 1.90. The summed E-state index contributed by atoms with van der Waals surface area (Å²) in [5.74, 6) is -1.36. The van der Waals surface area contributed by atoms with E-state index in [1.54, 1.807) is 0 Å². The molecule has 0 bridgehead atoms. The molecule has 0 saturated carbocycles. The van der Waals surface area contributed by atoms with Gasteiger partial charge in [-0.25, -0.2) is 9.59 Å². The van der Waals surface area contributed by atoms with Gasteiger partial charge in [-0.3, -0.25) is 4.55 Å². The molecule has 0 aromatic carbocycles. The zero-order valence-corrected chi connectivity index (χ0v) is 13.8. The third-order valence-corrected chi connectivity index (χ3v) is 2.93. The van der Waals surface area contributed by atoms with E-state index < -0.39 is 27.9 Å². The molecule has 0 saturated heterocycles. The van der Waals surface area contributed by atoms with Crippen molar-refractivity contribution in [3.05, 3.63) is 25.3 Å². The maximum Gasteiger partial charge on any atom is 0.330 e. The van der Waals surface area contributed by atoms with Crippen LogP contribution in [0.15, 0.2) is 25.3 Å². The van der Waals surface area contributed by atoms with Crippen LogP contribution in [0.3, 0.4) is 0 Å². The van der Waals surface area contributed by atoms with Crippen LogP contribution in [0.25, 0.3) is 0 Å². The van der Waals surface area contributed by atoms with Crippen molar-refractivity contribution in [1.82, 2.24) is 0 Å². The lowest BCUT2D eigenvalue weighted by Gasteiger charge is -2.09. The number of carbonyl (C=O) groups excluding carboxylic acids is 2. The molecule has 7 nitrogen and oxygen atoms in total. The van der Waals surface area contributed by atoms with E-state index in [1.807, 2.05) is 6.92 Å². The van der Waals surface area contributed by atoms with Gasteiger partial charge >= 0.3 is 11.9 Å². The van der Waals surface area contributed by atoms with Crippen molar-refractivity contribution >= 4 is 22.1 Å². The molecule has 0 amide bonds. The maximum absolute atomic E-state index is 10.6. The molecule has 0 aromatic rings. The van der Waals surface area contributed by atoms with Gasteiger partial charge in [0.15, 0.2) is 0 Å². The van der Waals surface area contributed by atoms with Crippen LogP contribution in [-0.4, -0.2) is 43.4 Å². The molecule has 0 spiro atoms. The molecule has 1 N–H and O–H groups in total. The van der Waals surface area contributed by atoms with Crippen LogP contribution < -0.4 is 0 Å². The Morgan fingerprint density at radius 1 is 1.23 bits per heavy atom. The highest BCUT2D eigenvalue weighted by molar-refractivity contribution is 7.85. The highest BCUT2D eigenvalue weighted by Crippen LogP contribution is 2.00. The largest absolute Gasteiger partial charge is 0.463 e. The van der Waals surface area contributed by atoms with E-state index in [2.05, 4.69) is 22.6 Å². The van der Waals surface area contributed by atoms with Crippen LogP contribution in [0.5, 0.6) is 0 Å². The number of rotatable bonds is 9. The summed E-state index contributed by atoms with van der Waals surface area (Å²) in [7, 11) is -3.98. The summed E-state index contributed by atoms with van der Waals surface area (Å²) in [6.45, 7) is 10.5. The van der Waals surface area contributed by atoms with E-state index >= 15 is 0 Å². The second-order valence-corrected chi connectivity index (χ2v) is 5.82. The minimum Gasteiger partial charge on any atom is -0.463 e. The fraction of sp³-hybridized carbons (Fsp3) is 0.571. The van der Waals surface area contributed by atoms with Gasteiger partial charge in [-0.05, 0) is 13.3 Å². The van der Waals surface area contributed by atoms with Crippen LogP contribution >= 0.6 is 0 Å². The number of ether oxygens (including phenoxy) is 2. The van der Waals surface area contributed by atoms with Gasteiger partial charge in [0, 0.05) is 18.6 Å². The Hall–Kier alpha value is -1.67. The smallest absolute Gasteiger partial charge is 0.330 e. The van der Waals surface area contributed by atoms with Gasteiger partial charge in [0.1, 0.15) is 6.10 Å². The number of carbonyl (C=O) groups is 2. The van der Waals surface area contributed by atoms with Crippen molar-refractivity contribution in [3.63, 3.8) is 0 Å². The molecule has 0 fully saturated rings. The summed E-state index contributed by atoms with van der Waals surface area (Å²) >= 11 is 0. The van der Waals surface area contributed by atoms with E-state index in [0.717, 1.165) is 18.9 Å². The minimum atomic E-state index is -3.98. The molecule has 8 heteroatoms. The molecule has 0 heterocycles. The fourth-order valence-electron chi connectivity index (χ4n) is 0.996. The lowest BCUT2D eigenvalue weighted by Crippen LogP contribution is -2.17. The van der Waals surface area contributed by atoms with Crippen molar-refractivity contribution in [2.45, 2.75) is 39.2 Å². The van der Waals surface area contributed by atoms with Crippen LogP contribution in [0.1, 0.15) is 33.1 Å². The molecular formula is C14H24O7S. The van der Waals surface area contributed by atoms with Crippen LogP contribution in [0, 0.1) is 0 Å². The Kier molecular flexibility index (Phi) is 13.4. The number of unbranched alkanes of at least 4 members (excludes halogenated alkanes) is 1. The number of esters is 2. The third-order valence-electron chi connectivity index (χ3n) is 2.18. The Bertz CT molecular complexity index is 454. The molecule has 0 rings (SSSR count). The Morgan fingerprint density at radius 2 is 1.77 bits per heavy atom. The van der Waals surface area contributed by atoms with Crippen molar-refractivity contribution in [1.29, 1.82) is 0 Å². The number of hydrogen-bond acceptors (Lipinski definition) is 6. The van der Waals surface area contributed by atoms with E-state index in [4.69, 9.17) is 4.55 Å². The summed E-state index contributed by atoms with van der Waals surface area (Å²) < 4.78 is 38.3. The highest BCUT2D eigenvalue weighted by Gasteiger charge is 2.11. The normalized spacial score (nSPS) is 11.4. The average Bonchev–Trinajstić information content (AvgIpc) is 2.45. The lowest BCUT2D eigenvalue weighted by molar-refractivity contribution is -0.142. The van der Waals surface area contributed by atoms with Crippen molar-refractivity contribution in [3.8, 4) is 0 Å². The quantitative estimate of drug-likeness (QED) is 0.296. The van der Waals surface area contributed by atoms with Gasteiger partial charge in [0.2, 0.25) is 0 Å². The molecule has 1 unspecified atom stereocenters. The van der Waals surface area contributed by atoms with E-state index in [9.17, 15) is 18.0 Å². The number of hydrogen-bond donors (Lipinski definition) is 1. The molecule has 0 aliphatic heterocycles. The Morgan fingerprint density at radius 3 is 2.18 bits per heavy atom. The van der Waals surface area contributed by atoms with Gasteiger partial charge in [-0.2, -0.15) is 8.42 Å². The topological polar surface area (TPSA) is 107 Å². The minimum absolute atomic E-state index is 0.0679. The van der Waals surface area contributed by atoms with Gasteiger partial charge in [0.05, 0.1) is 12.4 Å². The van der Waals surface area contributed by atoms with Crippen molar-refractivity contribution < 1.29 is 32.0 Å². The van der Waals surface area contributed by atoms with Gasteiger partial charge in [-0.15, -0.1) is 0 Å². The Balaban J connectivity index is 0. The standard InChI is InChI=1S/C7H12O5S.C7H12O2/c1-3-7(8)12-6(2)4-5-13(9,10)11;1-3-5-6-9-7(8)4-2/h3,6H,1,4-5H2,2H3,(H,9,10,11);4H,2-3,5-6H2,1H3. The predicted molar refractivity (Wildman–Crippen MR) is 82.8 cm³/mol. The van der Waals surface area contributed by atoms with Crippen LogP contribution in [-0.2, 0) is 29.2 Å². The maximum atomic E-state index is 10.6. The summed E-state index contributed by atoms with van der Waals surface area (Å²) in [6, 6.07) is 0. The average molecular weight is 336 g/mol. The third kappa shape index (κ3) is 18.3. The van der Waals surface area contributed by atoms with E-state index in [1.165, 1.54) is 13.0 Å². The van der Waals surface area contributed by atoms with E-state index in [-0.39, 0.29) is 12.4 Å². The zero-order chi connectivity index (χ0) is 17.6. The SMILES string of the molecule is C=CC(=O)OC(C)CCS(=O)(=O)O.C=CC(=O)OCCCC. The lowest BCUT2D eigenvalue weighted by atomic mass is 10.3. The summed E-state index contributed by atoms with van der Waals surface area (Å²) in [5.41, 5.74) is 0. The van der Waals surface area contributed by atoms with Gasteiger partial charge < -0.3 is 9.47 Å². The van der Waals surface area contributed by atoms with Crippen LogP contribution in [0.4, 0.5) is 0 Å². The molecule has 0 aliphatic carbocycles. The summed E-state index contributed by atoms with van der Waals surface area (Å²) in [4.78, 5) is 20.9. The van der Waals surface area contributed by atoms with E-state index in [0.29, 0.717) is 6.61 Å².